The second kappa shape index (κ2) is 6.76. The summed E-state index contributed by atoms with van der Waals surface area (Å²) in [5.41, 5.74) is 1.29. The predicted octanol–water partition coefficient (Wildman–Crippen LogP) is 2.18. The SMILES string of the molecule is O=C(O)CN(Cc1ccccc1O)Cc1ccccc1O. The van der Waals surface area contributed by atoms with Crippen LogP contribution in [0.25, 0.3) is 0 Å². The van der Waals surface area contributed by atoms with Crippen LogP contribution < -0.4 is 0 Å². The van der Waals surface area contributed by atoms with E-state index in [0.717, 1.165) is 0 Å². The number of hydrogen-bond donors (Lipinski definition) is 3. The molecule has 0 aliphatic carbocycles. The van der Waals surface area contributed by atoms with Crippen LogP contribution in [0.15, 0.2) is 48.5 Å². The van der Waals surface area contributed by atoms with Crippen molar-refractivity contribution in [3.63, 3.8) is 0 Å². The molecule has 0 saturated carbocycles. The minimum atomic E-state index is -0.958. The number of aromatic hydroxyl groups is 2. The van der Waals surface area contributed by atoms with E-state index in [2.05, 4.69) is 0 Å². The maximum Gasteiger partial charge on any atom is 0.317 e. The summed E-state index contributed by atoms with van der Waals surface area (Å²) >= 11 is 0. The molecule has 5 heteroatoms. The van der Waals surface area contributed by atoms with Crippen molar-refractivity contribution in [1.82, 2.24) is 4.90 Å². The van der Waals surface area contributed by atoms with E-state index in [-0.39, 0.29) is 31.1 Å². The first kappa shape index (κ1) is 14.9. The summed E-state index contributed by atoms with van der Waals surface area (Å²) in [6.07, 6.45) is 0. The molecule has 0 heterocycles. The van der Waals surface area contributed by atoms with Crippen molar-refractivity contribution in [2.45, 2.75) is 13.1 Å². The first-order valence-corrected chi connectivity index (χ1v) is 6.54. The second-order valence-electron chi connectivity index (χ2n) is 4.80. The van der Waals surface area contributed by atoms with Crippen LogP contribution in [-0.4, -0.2) is 32.7 Å². The van der Waals surface area contributed by atoms with Gasteiger partial charge in [0.05, 0.1) is 6.54 Å². The molecule has 0 spiro atoms. The summed E-state index contributed by atoms with van der Waals surface area (Å²) in [5, 5.41) is 28.6. The highest BCUT2D eigenvalue weighted by Crippen LogP contribution is 2.22. The number of carbonyl (C=O) groups is 1. The summed E-state index contributed by atoms with van der Waals surface area (Å²) in [5.74, 6) is -0.698. The summed E-state index contributed by atoms with van der Waals surface area (Å²) in [6, 6.07) is 13.6. The van der Waals surface area contributed by atoms with Crippen molar-refractivity contribution < 1.29 is 20.1 Å². The van der Waals surface area contributed by atoms with Crippen LogP contribution in [0.3, 0.4) is 0 Å². The molecule has 5 nitrogen and oxygen atoms in total. The Morgan fingerprint density at radius 1 is 0.857 bits per heavy atom. The predicted molar refractivity (Wildman–Crippen MR) is 78.0 cm³/mol. The topological polar surface area (TPSA) is 81.0 Å². The standard InChI is InChI=1S/C16H17NO4/c18-14-7-3-1-5-12(14)9-17(11-16(20)21)10-13-6-2-4-8-15(13)19/h1-8,18-19H,9-11H2,(H,20,21). The van der Waals surface area contributed by atoms with Crippen LogP contribution in [0.1, 0.15) is 11.1 Å². The van der Waals surface area contributed by atoms with Crippen molar-refractivity contribution >= 4 is 5.97 Å². The summed E-state index contributed by atoms with van der Waals surface area (Å²) in [6.45, 7) is 0.392. The number of rotatable bonds is 6. The quantitative estimate of drug-likeness (QED) is 0.758. The number of carboxylic acids is 1. The van der Waals surface area contributed by atoms with Crippen molar-refractivity contribution in [2.24, 2.45) is 0 Å². The first-order chi connectivity index (χ1) is 10.1. The lowest BCUT2D eigenvalue weighted by molar-refractivity contribution is -0.138. The third-order valence-electron chi connectivity index (χ3n) is 3.13. The van der Waals surface area contributed by atoms with Gasteiger partial charge in [-0.3, -0.25) is 9.69 Å². The zero-order valence-electron chi connectivity index (χ0n) is 11.4. The van der Waals surface area contributed by atoms with Gasteiger partial charge in [0.25, 0.3) is 0 Å². The molecule has 2 aromatic carbocycles. The Labute approximate surface area is 122 Å². The van der Waals surface area contributed by atoms with E-state index in [4.69, 9.17) is 5.11 Å². The number of aliphatic carboxylic acids is 1. The maximum absolute atomic E-state index is 11.0. The van der Waals surface area contributed by atoms with Gasteiger partial charge in [-0.05, 0) is 12.1 Å². The lowest BCUT2D eigenvalue weighted by Gasteiger charge is -2.21. The number of para-hydroxylation sites is 2. The molecule has 2 rings (SSSR count). The molecule has 0 bridgehead atoms. The fraction of sp³-hybridized carbons (Fsp3) is 0.188. The number of hydrogen-bond acceptors (Lipinski definition) is 4. The molecule has 0 radical (unpaired) electrons. The highest BCUT2D eigenvalue weighted by Gasteiger charge is 2.14. The maximum atomic E-state index is 11.0. The first-order valence-electron chi connectivity index (χ1n) is 6.54. The van der Waals surface area contributed by atoms with Gasteiger partial charge in [-0.1, -0.05) is 36.4 Å². The monoisotopic (exact) mass is 287 g/mol. The van der Waals surface area contributed by atoms with E-state index in [0.29, 0.717) is 11.1 Å². The molecule has 3 N–H and O–H groups in total. The van der Waals surface area contributed by atoms with Crippen molar-refractivity contribution in [1.29, 1.82) is 0 Å². The van der Waals surface area contributed by atoms with Gasteiger partial charge in [-0.2, -0.15) is 0 Å². The minimum Gasteiger partial charge on any atom is -0.508 e. The average Bonchev–Trinajstić information content (AvgIpc) is 2.43. The number of nitrogens with zero attached hydrogens (tertiary/aromatic N) is 1. The summed E-state index contributed by atoms with van der Waals surface area (Å²) in [4.78, 5) is 12.6. The van der Waals surface area contributed by atoms with Crippen LogP contribution in [0.4, 0.5) is 0 Å². The van der Waals surface area contributed by atoms with Crippen molar-refractivity contribution in [3.05, 3.63) is 59.7 Å². The molecule has 0 unspecified atom stereocenters. The number of phenols is 2. The van der Waals surface area contributed by atoms with Crippen LogP contribution in [-0.2, 0) is 17.9 Å². The van der Waals surface area contributed by atoms with Gasteiger partial charge in [-0.25, -0.2) is 0 Å². The molecule has 110 valence electrons. The highest BCUT2D eigenvalue weighted by molar-refractivity contribution is 5.69. The average molecular weight is 287 g/mol. The smallest absolute Gasteiger partial charge is 0.317 e. The van der Waals surface area contributed by atoms with Crippen molar-refractivity contribution in [3.8, 4) is 11.5 Å². The second-order valence-corrected chi connectivity index (χ2v) is 4.80. The third-order valence-corrected chi connectivity index (χ3v) is 3.13. The Hall–Kier alpha value is -2.53. The van der Waals surface area contributed by atoms with Gasteiger partial charge in [0.1, 0.15) is 11.5 Å². The fourth-order valence-electron chi connectivity index (χ4n) is 2.13. The Morgan fingerprint density at radius 3 is 1.67 bits per heavy atom. The molecule has 0 fully saturated rings. The van der Waals surface area contributed by atoms with Gasteiger partial charge >= 0.3 is 5.97 Å². The molecule has 0 atom stereocenters. The van der Waals surface area contributed by atoms with Gasteiger partial charge in [0.15, 0.2) is 0 Å². The van der Waals surface area contributed by atoms with E-state index in [9.17, 15) is 15.0 Å². The van der Waals surface area contributed by atoms with Gasteiger partial charge in [0, 0.05) is 24.2 Å². The third kappa shape index (κ3) is 4.22. The number of carboxylic acid groups (broad SMARTS) is 1. The van der Waals surface area contributed by atoms with Crippen LogP contribution in [0.2, 0.25) is 0 Å². The zero-order chi connectivity index (χ0) is 15.2. The van der Waals surface area contributed by atoms with E-state index in [1.165, 1.54) is 0 Å². The molecule has 2 aromatic rings. The Balaban J connectivity index is 2.17. The molecular formula is C16H17NO4. The van der Waals surface area contributed by atoms with E-state index >= 15 is 0 Å². The normalized spacial score (nSPS) is 10.7. The number of phenolic OH excluding ortho intramolecular Hbond substituents is 2. The lowest BCUT2D eigenvalue weighted by Crippen LogP contribution is -2.29. The lowest BCUT2D eigenvalue weighted by atomic mass is 10.1. The Bertz CT molecular complexity index is 580. The summed E-state index contributed by atoms with van der Waals surface area (Å²) in [7, 11) is 0. The van der Waals surface area contributed by atoms with Crippen LogP contribution in [0, 0.1) is 0 Å². The largest absolute Gasteiger partial charge is 0.508 e. The summed E-state index contributed by atoms with van der Waals surface area (Å²) < 4.78 is 0. The molecule has 0 saturated heterocycles. The molecule has 0 amide bonds. The fourth-order valence-corrected chi connectivity index (χ4v) is 2.13. The Morgan fingerprint density at radius 2 is 1.29 bits per heavy atom. The van der Waals surface area contributed by atoms with Crippen LogP contribution in [0.5, 0.6) is 11.5 Å². The van der Waals surface area contributed by atoms with Gasteiger partial charge < -0.3 is 15.3 Å². The molecular weight excluding hydrogens is 270 g/mol. The van der Waals surface area contributed by atoms with Crippen LogP contribution >= 0.6 is 0 Å². The highest BCUT2D eigenvalue weighted by atomic mass is 16.4. The Kier molecular flexibility index (Phi) is 4.79. The number of benzene rings is 2. The van der Waals surface area contributed by atoms with E-state index in [1.807, 2.05) is 0 Å². The molecule has 0 aromatic heterocycles. The molecule has 21 heavy (non-hydrogen) atoms. The van der Waals surface area contributed by atoms with Gasteiger partial charge in [-0.15, -0.1) is 0 Å². The van der Waals surface area contributed by atoms with E-state index in [1.54, 1.807) is 53.4 Å². The minimum absolute atomic E-state index is 0.130. The van der Waals surface area contributed by atoms with Crippen molar-refractivity contribution in [2.75, 3.05) is 6.54 Å². The molecule has 0 aliphatic heterocycles. The zero-order valence-corrected chi connectivity index (χ0v) is 11.4. The van der Waals surface area contributed by atoms with Gasteiger partial charge in [0.2, 0.25) is 0 Å². The molecule has 0 aliphatic rings. The van der Waals surface area contributed by atoms with E-state index < -0.39 is 5.97 Å².